The summed E-state index contributed by atoms with van der Waals surface area (Å²) < 4.78 is 13.9. The average Bonchev–Trinajstić information content (AvgIpc) is 2.77. The van der Waals surface area contributed by atoms with Crippen LogP contribution in [-0.4, -0.2) is 60.4 Å². The second-order valence-corrected chi connectivity index (χ2v) is 7.18. The highest BCUT2D eigenvalue weighted by Crippen LogP contribution is 2.37. The molecule has 25 heavy (non-hydrogen) atoms. The zero-order valence-corrected chi connectivity index (χ0v) is 14.7. The Morgan fingerprint density at radius 3 is 2.48 bits per heavy atom. The van der Waals surface area contributed by atoms with E-state index in [4.69, 9.17) is 5.73 Å². The number of anilines is 1. The van der Waals surface area contributed by atoms with Gasteiger partial charge in [0.15, 0.2) is 0 Å². The number of nitrogens with one attached hydrogen (secondary N) is 1. The van der Waals surface area contributed by atoms with Gasteiger partial charge in [0.05, 0.1) is 17.8 Å². The molecule has 2 amide bonds. The Bertz CT molecular complexity index is 665. The summed E-state index contributed by atoms with van der Waals surface area (Å²) in [6.45, 7) is 0.446. The van der Waals surface area contributed by atoms with Gasteiger partial charge in [-0.2, -0.15) is 0 Å². The first-order valence-electron chi connectivity index (χ1n) is 8.67. The number of fused-ring (bicyclic) bond motifs is 2. The van der Waals surface area contributed by atoms with Crippen LogP contribution in [0.1, 0.15) is 36.0 Å². The molecule has 3 rings (SSSR count). The number of likely N-dealkylation sites (N-methyl/N-ethyl adjacent to an activating group) is 1. The fraction of sp³-hybridized carbons (Fsp3) is 0.556. The summed E-state index contributed by atoms with van der Waals surface area (Å²) >= 11 is 0. The molecule has 2 saturated heterocycles. The molecule has 136 valence electrons. The van der Waals surface area contributed by atoms with Gasteiger partial charge in [-0.15, -0.1) is 0 Å². The van der Waals surface area contributed by atoms with Crippen LogP contribution in [0.2, 0.25) is 0 Å². The van der Waals surface area contributed by atoms with E-state index < -0.39 is 11.7 Å². The van der Waals surface area contributed by atoms with Crippen molar-refractivity contribution in [3.63, 3.8) is 0 Å². The largest absolute Gasteiger partial charge is 0.381 e. The number of carbonyl (C=O) groups excluding carboxylic acids is 2. The van der Waals surface area contributed by atoms with Crippen molar-refractivity contribution < 1.29 is 14.0 Å². The maximum Gasteiger partial charge on any atom is 0.253 e. The fourth-order valence-electron chi connectivity index (χ4n) is 4.06. The predicted octanol–water partition coefficient (Wildman–Crippen LogP) is 1.42. The summed E-state index contributed by atoms with van der Waals surface area (Å²) in [5, 5.41) is 3.31. The topological polar surface area (TPSA) is 78.7 Å². The molecule has 7 heteroatoms. The summed E-state index contributed by atoms with van der Waals surface area (Å²) in [7, 11) is 3.54. The standard InChI is InChI=1S/C18H25FN4O2/c1-22(2)16(24)10-23-12-6-7-13(23)9-11(8-12)21-15-5-3-4-14(19)17(15)18(20)25/h3-5,11-13,21H,6-10H2,1-2H3,(H2,20,25). The van der Waals surface area contributed by atoms with E-state index in [1.807, 2.05) is 0 Å². The lowest BCUT2D eigenvalue weighted by Crippen LogP contribution is -2.50. The van der Waals surface area contributed by atoms with E-state index in [-0.39, 0.29) is 17.5 Å². The zero-order valence-electron chi connectivity index (χ0n) is 14.7. The van der Waals surface area contributed by atoms with Crippen molar-refractivity contribution in [1.82, 2.24) is 9.80 Å². The van der Waals surface area contributed by atoms with Gasteiger partial charge in [0.25, 0.3) is 5.91 Å². The lowest BCUT2D eigenvalue weighted by Gasteiger charge is -2.39. The molecule has 6 nitrogen and oxygen atoms in total. The van der Waals surface area contributed by atoms with E-state index >= 15 is 0 Å². The van der Waals surface area contributed by atoms with E-state index in [1.165, 1.54) is 6.07 Å². The first kappa shape index (κ1) is 17.7. The lowest BCUT2D eigenvalue weighted by molar-refractivity contribution is -0.131. The van der Waals surface area contributed by atoms with Gasteiger partial charge in [0, 0.05) is 32.2 Å². The SMILES string of the molecule is CN(C)C(=O)CN1C2CCC1CC(Nc1cccc(F)c1C(N)=O)C2. The highest BCUT2D eigenvalue weighted by molar-refractivity contribution is 5.98. The van der Waals surface area contributed by atoms with E-state index in [2.05, 4.69) is 10.2 Å². The lowest BCUT2D eigenvalue weighted by atomic mass is 9.96. The molecule has 2 heterocycles. The summed E-state index contributed by atoms with van der Waals surface area (Å²) in [6.07, 6.45) is 3.86. The molecule has 0 saturated carbocycles. The summed E-state index contributed by atoms with van der Waals surface area (Å²) in [5.41, 5.74) is 5.69. The van der Waals surface area contributed by atoms with Crippen LogP contribution in [-0.2, 0) is 4.79 Å². The third kappa shape index (κ3) is 3.61. The molecule has 2 bridgehead atoms. The minimum absolute atomic E-state index is 0.0833. The molecule has 2 fully saturated rings. The van der Waals surface area contributed by atoms with Gasteiger partial charge in [-0.05, 0) is 37.8 Å². The number of primary amides is 1. The fourth-order valence-corrected chi connectivity index (χ4v) is 4.06. The third-order valence-corrected chi connectivity index (χ3v) is 5.32. The Balaban J connectivity index is 1.70. The van der Waals surface area contributed by atoms with Crippen molar-refractivity contribution in [2.45, 2.75) is 43.8 Å². The van der Waals surface area contributed by atoms with E-state index in [0.717, 1.165) is 25.7 Å². The van der Waals surface area contributed by atoms with E-state index in [9.17, 15) is 14.0 Å². The molecule has 0 radical (unpaired) electrons. The van der Waals surface area contributed by atoms with Crippen LogP contribution in [0.15, 0.2) is 18.2 Å². The molecule has 0 spiro atoms. The van der Waals surface area contributed by atoms with Crippen molar-refractivity contribution >= 4 is 17.5 Å². The number of carbonyl (C=O) groups is 2. The second-order valence-electron chi connectivity index (χ2n) is 7.18. The molecule has 0 aromatic heterocycles. The minimum atomic E-state index is -0.766. The average molecular weight is 348 g/mol. The molecular weight excluding hydrogens is 323 g/mol. The summed E-state index contributed by atoms with van der Waals surface area (Å²) in [6, 6.07) is 5.32. The Morgan fingerprint density at radius 1 is 1.28 bits per heavy atom. The number of benzene rings is 1. The third-order valence-electron chi connectivity index (χ3n) is 5.32. The molecule has 2 unspecified atom stereocenters. The number of hydrogen-bond donors (Lipinski definition) is 2. The normalized spacial score (nSPS) is 25.6. The maximum atomic E-state index is 13.9. The van der Waals surface area contributed by atoms with Crippen molar-refractivity contribution in [1.29, 1.82) is 0 Å². The van der Waals surface area contributed by atoms with Crippen LogP contribution in [0.5, 0.6) is 0 Å². The van der Waals surface area contributed by atoms with Crippen LogP contribution < -0.4 is 11.1 Å². The van der Waals surface area contributed by atoms with Crippen LogP contribution in [0.4, 0.5) is 10.1 Å². The Morgan fingerprint density at radius 2 is 1.92 bits per heavy atom. The van der Waals surface area contributed by atoms with E-state index in [0.29, 0.717) is 24.3 Å². The van der Waals surface area contributed by atoms with E-state index in [1.54, 1.807) is 31.1 Å². The van der Waals surface area contributed by atoms with Gasteiger partial charge in [-0.3, -0.25) is 14.5 Å². The van der Waals surface area contributed by atoms with Crippen molar-refractivity contribution in [2.75, 3.05) is 26.0 Å². The molecule has 1 aromatic rings. The quantitative estimate of drug-likeness (QED) is 0.844. The first-order valence-corrected chi connectivity index (χ1v) is 8.67. The molecule has 3 N–H and O–H groups in total. The molecule has 2 aliphatic heterocycles. The van der Waals surface area contributed by atoms with Gasteiger partial charge < -0.3 is 16.0 Å². The zero-order chi connectivity index (χ0) is 18.1. The van der Waals surface area contributed by atoms with Crippen LogP contribution in [0.3, 0.4) is 0 Å². The van der Waals surface area contributed by atoms with Gasteiger partial charge in [-0.1, -0.05) is 6.07 Å². The van der Waals surface area contributed by atoms with Crippen LogP contribution >= 0.6 is 0 Å². The molecule has 2 aliphatic rings. The van der Waals surface area contributed by atoms with Gasteiger partial charge in [0.2, 0.25) is 5.91 Å². The maximum absolute atomic E-state index is 13.9. The number of halogens is 1. The van der Waals surface area contributed by atoms with Crippen LogP contribution in [0, 0.1) is 5.82 Å². The molecule has 1 aromatic carbocycles. The number of nitrogens with two attached hydrogens (primary N) is 1. The Labute approximate surface area is 147 Å². The van der Waals surface area contributed by atoms with Crippen molar-refractivity contribution in [2.24, 2.45) is 5.73 Å². The summed E-state index contributed by atoms with van der Waals surface area (Å²) in [5.74, 6) is -1.25. The predicted molar refractivity (Wildman–Crippen MR) is 93.8 cm³/mol. The highest BCUT2D eigenvalue weighted by atomic mass is 19.1. The second kappa shape index (κ2) is 7.00. The molecule has 2 atom stereocenters. The number of piperidine rings is 1. The summed E-state index contributed by atoms with van der Waals surface area (Å²) in [4.78, 5) is 27.5. The number of rotatable bonds is 5. The van der Waals surface area contributed by atoms with Gasteiger partial charge in [0.1, 0.15) is 5.82 Å². The Hall–Kier alpha value is -2.15. The Kier molecular flexibility index (Phi) is 4.94. The first-order chi connectivity index (χ1) is 11.9. The molecular formula is C18H25FN4O2. The van der Waals surface area contributed by atoms with Gasteiger partial charge in [-0.25, -0.2) is 4.39 Å². The van der Waals surface area contributed by atoms with Gasteiger partial charge >= 0.3 is 0 Å². The molecule has 0 aliphatic carbocycles. The highest BCUT2D eigenvalue weighted by Gasteiger charge is 2.41. The van der Waals surface area contributed by atoms with Crippen molar-refractivity contribution in [3.05, 3.63) is 29.6 Å². The minimum Gasteiger partial charge on any atom is -0.381 e. The number of hydrogen-bond acceptors (Lipinski definition) is 4. The number of amides is 2. The smallest absolute Gasteiger partial charge is 0.253 e. The number of nitrogens with zero attached hydrogens (tertiary/aromatic N) is 2. The monoisotopic (exact) mass is 348 g/mol. The van der Waals surface area contributed by atoms with Crippen molar-refractivity contribution in [3.8, 4) is 0 Å². The van der Waals surface area contributed by atoms with Crippen LogP contribution in [0.25, 0.3) is 0 Å².